The third-order valence-electron chi connectivity index (χ3n) is 2.64. The summed E-state index contributed by atoms with van der Waals surface area (Å²) in [5.41, 5.74) is 0.724. The fourth-order valence-corrected chi connectivity index (χ4v) is 1.72. The first kappa shape index (κ1) is 14.7. The number of hydrogen-bond donors (Lipinski definition) is 1. The zero-order valence-corrected chi connectivity index (χ0v) is 11.9. The Morgan fingerprint density at radius 2 is 1.81 bits per heavy atom. The van der Waals surface area contributed by atoms with Crippen molar-refractivity contribution >= 4 is 17.7 Å². The Kier molecular flexibility index (Phi) is 4.66. The molecular formula is C16H16N2O3. The molecule has 0 saturated carbocycles. The van der Waals surface area contributed by atoms with Gasteiger partial charge in [0.1, 0.15) is 11.4 Å². The van der Waals surface area contributed by atoms with Crippen LogP contribution in [0.25, 0.3) is 0 Å². The van der Waals surface area contributed by atoms with Gasteiger partial charge in [-0.25, -0.2) is 9.78 Å². The van der Waals surface area contributed by atoms with E-state index in [-0.39, 0.29) is 23.4 Å². The maximum absolute atomic E-state index is 12.1. The number of esters is 1. The van der Waals surface area contributed by atoms with Gasteiger partial charge in [-0.2, -0.15) is 0 Å². The quantitative estimate of drug-likeness (QED) is 0.876. The van der Waals surface area contributed by atoms with Gasteiger partial charge >= 0.3 is 5.97 Å². The summed E-state index contributed by atoms with van der Waals surface area (Å²) in [7, 11) is 0. The number of hydrogen-bond acceptors (Lipinski definition) is 4. The molecule has 1 N–H and O–H groups in total. The van der Waals surface area contributed by atoms with Crippen molar-refractivity contribution in [3.63, 3.8) is 0 Å². The van der Waals surface area contributed by atoms with E-state index >= 15 is 0 Å². The standard InChI is InChI=1S/C16H16N2O3/c1-11(2)21-16(20)13-9-6-10-17-14(13)18-15(19)12-7-4-3-5-8-12/h3-11H,1-2H3,(H,17,18,19). The number of pyridine rings is 1. The van der Waals surface area contributed by atoms with Gasteiger partial charge in [0.25, 0.3) is 5.91 Å². The van der Waals surface area contributed by atoms with Gasteiger partial charge in [-0.1, -0.05) is 18.2 Å². The molecule has 2 aromatic rings. The lowest BCUT2D eigenvalue weighted by molar-refractivity contribution is 0.0379. The van der Waals surface area contributed by atoms with Gasteiger partial charge < -0.3 is 10.1 Å². The predicted octanol–water partition coefficient (Wildman–Crippen LogP) is 2.90. The number of benzene rings is 1. The molecule has 0 atom stereocenters. The van der Waals surface area contributed by atoms with E-state index in [1.165, 1.54) is 6.20 Å². The van der Waals surface area contributed by atoms with E-state index in [9.17, 15) is 9.59 Å². The first-order valence-electron chi connectivity index (χ1n) is 6.60. The van der Waals surface area contributed by atoms with Gasteiger partial charge in [0.15, 0.2) is 0 Å². The average Bonchev–Trinajstić information content (AvgIpc) is 2.48. The lowest BCUT2D eigenvalue weighted by Crippen LogP contribution is -2.18. The molecule has 5 heteroatoms. The van der Waals surface area contributed by atoms with Gasteiger partial charge in [0.05, 0.1) is 6.10 Å². The molecule has 21 heavy (non-hydrogen) atoms. The summed E-state index contributed by atoms with van der Waals surface area (Å²) in [5.74, 6) is -0.647. The summed E-state index contributed by atoms with van der Waals surface area (Å²) in [6.45, 7) is 3.52. The average molecular weight is 284 g/mol. The molecule has 0 saturated heterocycles. The molecule has 5 nitrogen and oxygen atoms in total. The molecule has 0 spiro atoms. The molecule has 1 heterocycles. The normalized spacial score (nSPS) is 10.2. The SMILES string of the molecule is CC(C)OC(=O)c1cccnc1NC(=O)c1ccccc1. The zero-order chi connectivity index (χ0) is 15.2. The number of amides is 1. The molecule has 1 aromatic carbocycles. The van der Waals surface area contributed by atoms with E-state index in [4.69, 9.17) is 4.74 Å². The number of nitrogens with one attached hydrogen (secondary N) is 1. The van der Waals surface area contributed by atoms with Crippen LogP contribution in [0.3, 0.4) is 0 Å². The molecular weight excluding hydrogens is 268 g/mol. The van der Waals surface area contributed by atoms with Crippen LogP contribution in [0.4, 0.5) is 5.82 Å². The summed E-state index contributed by atoms with van der Waals surface area (Å²) >= 11 is 0. The zero-order valence-electron chi connectivity index (χ0n) is 11.9. The molecule has 0 unspecified atom stereocenters. The maximum Gasteiger partial charge on any atom is 0.342 e. The summed E-state index contributed by atoms with van der Waals surface area (Å²) < 4.78 is 5.13. The van der Waals surface area contributed by atoms with Gasteiger partial charge in [0.2, 0.25) is 0 Å². The topological polar surface area (TPSA) is 68.3 Å². The Labute approximate surface area is 123 Å². The van der Waals surface area contributed by atoms with Crippen LogP contribution < -0.4 is 5.32 Å². The minimum Gasteiger partial charge on any atom is -0.459 e. The highest BCUT2D eigenvalue weighted by molar-refractivity contribution is 6.07. The van der Waals surface area contributed by atoms with Crippen molar-refractivity contribution in [3.05, 3.63) is 59.8 Å². The molecule has 0 fully saturated rings. The van der Waals surface area contributed by atoms with Crippen LogP contribution in [0.2, 0.25) is 0 Å². The molecule has 108 valence electrons. The van der Waals surface area contributed by atoms with Crippen molar-refractivity contribution in [3.8, 4) is 0 Å². The highest BCUT2D eigenvalue weighted by Gasteiger charge is 2.17. The van der Waals surface area contributed by atoms with Gasteiger partial charge in [-0.3, -0.25) is 4.79 Å². The second-order valence-corrected chi connectivity index (χ2v) is 4.67. The monoisotopic (exact) mass is 284 g/mol. The van der Waals surface area contributed by atoms with Crippen LogP contribution in [0, 0.1) is 0 Å². The number of carbonyl (C=O) groups is 2. The van der Waals surface area contributed by atoms with Crippen LogP contribution >= 0.6 is 0 Å². The Hall–Kier alpha value is -2.69. The molecule has 0 radical (unpaired) electrons. The smallest absolute Gasteiger partial charge is 0.342 e. The minimum absolute atomic E-state index is 0.192. The summed E-state index contributed by atoms with van der Waals surface area (Å²) in [6, 6.07) is 11.9. The van der Waals surface area contributed by atoms with Crippen LogP contribution in [0.1, 0.15) is 34.6 Å². The van der Waals surface area contributed by atoms with Crippen LogP contribution in [0.5, 0.6) is 0 Å². The molecule has 0 aliphatic rings. The fraction of sp³-hybridized carbons (Fsp3) is 0.188. The Morgan fingerprint density at radius 3 is 2.48 bits per heavy atom. The van der Waals surface area contributed by atoms with E-state index in [1.807, 2.05) is 6.07 Å². The first-order chi connectivity index (χ1) is 10.1. The molecule has 1 aromatic heterocycles. The van der Waals surface area contributed by atoms with Crippen molar-refractivity contribution < 1.29 is 14.3 Å². The van der Waals surface area contributed by atoms with E-state index in [0.717, 1.165) is 0 Å². The van der Waals surface area contributed by atoms with E-state index < -0.39 is 5.97 Å². The Morgan fingerprint density at radius 1 is 1.10 bits per heavy atom. The second-order valence-electron chi connectivity index (χ2n) is 4.67. The summed E-state index contributed by atoms with van der Waals surface area (Å²) in [4.78, 5) is 28.1. The van der Waals surface area contributed by atoms with E-state index in [2.05, 4.69) is 10.3 Å². The minimum atomic E-state index is -0.513. The highest BCUT2D eigenvalue weighted by atomic mass is 16.5. The fourth-order valence-electron chi connectivity index (χ4n) is 1.72. The second kappa shape index (κ2) is 6.65. The number of anilines is 1. The predicted molar refractivity (Wildman–Crippen MR) is 79.2 cm³/mol. The van der Waals surface area contributed by atoms with Gasteiger partial charge in [-0.05, 0) is 38.1 Å². The largest absolute Gasteiger partial charge is 0.459 e. The van der Waals surface area contributed by atoms with E-state index in [1.54, 1.807) is 50.2 Å². The number of carbonyl (C=O) groups excluding carboxylic acids is 2. The molecule has 1 amide bonds. The molecule has 2 rings (SSSR count). The first-order valence-corrected chi connectivity index (χ1v) is 6.60. The van der Waals surface area contributed by atoms with Crippen molar-refractivity contribution in [1.82, 2.24) is 4.98 Å². The Balaban J connectivity index is 2.21. The summed E-state index contributed by atoms with van der Waals surface area (Å²) in [6.07, 6.45) is 1.27. The van der Waals surface area contributed by atoms with Crippen LogP contribution in [-0.2, 0) is 4.74 Å². The van der Waals surface area contributed by atoms with Crippen molar-refractivity contribution in [2.75, 3.05) is 5.32 Å². The Bertz CT molecular complexity index is 639. The van der Waals surface area contributed by atoms with Crippen molar-refractivity contribution in [2.24, 2.45) is 0 Å². The lowest BCUT2D eigenvalue weighted by Gasteiger charge is -2.11. The summed E-state index contributed by atoms with van der Waals surface area (Å²) in [5, 5.41) is 2.63. The van der Waals surface area contributed by atoms with Crippen molar-refractivity contribution in [1.29, 1.82) is 0 Å². The third kappa shape index (κ3) is 3.89. The maximum atomic E-state index is 12.1. The lowest BCUT2D eigenvalue weighted by atomic mass is 10.2. The third-order valence-corrected chi connectivity index (χ3v) is 2.64. The van der Waals surface area contributed by atoms with Crippen LogP contribution in [-0.4, -0.2) is 23.0 Å². The molecule has 0 aliphatic heterocycles. The number of aromatic nitrogens is 1. The highest BCUT2D eigenvalue weighted by Crippen LogP contribution is 2.15. The number of rotatable bonds is 4. The number of nitrogens with zero attached hydrogens (tertiary/aromatic N) is 1. The molecule has 0 aliphatic carbocycles. The van der Waals surface area contributed by atoms with E-state index in [0.29, 0.717) is 5.56 Å². The van der Waals surface area contributed by atoms with Crippen molar-refractivity contribution in [2.45, 2.75) is 20.0 Å². The van der Waals surface area contributed by atoms with Gasteiger partial charge in [0, 0.05) is 11.8 Å². The van der Waals surface area contributed by atoms with Crippen LogP contribution in [0.15, 0.2) is 48.7 Å². The van der Waals surface area contributed by atoms with Gasteiger partial charge in [-0.15, -0.1) is 0 Å². The molecule has 0 bridgehead atoms. The number of ether oxygens (including phenoxy) is 1.